The van der Waals surface area contributed by atoms with Crippen LogP contribution in [0.3, 0.4) is 0 Å². The molecule has 1 aromatic heterocycles. The van der Waals surface area contributed by atoms with E-state index in [1.807, 2.05) is 31.2 Å². The van der Waals surface area contributed by atoms with Gasteiger partial charge in [0.1, 0.15) is 0 Å². The van der Waals surface area contributed by atoms with E-state index < -0.39 is 15.3 Å². The molecule has 8 nitrogen and oxygen atoms in total. The first-order valence-electron chi connectivity index (χ1n) is 9.89. The van der Waals surface area contributed by atoms with Gasteiger partial charge in [0.05, 0.1) is 10.1 Å². The zero-order valence-electron chi connectivity index (χ0n) is 18.1. The van der Waals surface area contributed by atoms with E-state index in [1.165, 1.54) is 35.2 Å². The molecule has 0 fully saturated rings. The molecular formula is C21H25N5O3S3. The summed E-state index contributed by atoms with van der Waals surface area (Å²) in [6.07, 6.45) is 0. The van der Waals surface area contributed by atoms with Crippen LogP contribution in [0.25, 0.3) is 0 Å². The molecule has 0 aliphatic rings. The van der Waals surface area contributed by atoms with Crippen molar-refractivity contribution in [1.82, 2.24) is 14.9 Å². The van der Waals surface area contributed by atoms with Gasteiger partial charge in [0.2, 0.25) is 21.1 Å². The van der Waals surface area contributed by atoms with E-state index in [1.54, 1.807) is 32.9 Å². The van der Waals surface area contributed by atoms with E-state index in [0.29, 0.717) is 15.2 Å². The van der Waals surface area contributed by atoms with Crippen molar-refractivity contribution in [2.45, 2.75) is 48.2 Å². The summed E-state index contributed by atoms with van der Waals surface area (Å²) in [7, 11) is -3.57. The minimum Gasteiger partial charge on any atom is -0.330 e. The third kappa shape index (κ3) is 6.76. The van der Waals surface area contributed by atoms with Gasteiger partial charge in [-0.05, 0) is 69.7 Å². The van der Waals surface area contributed by atoms with Crippen LogP contribution < -0.4 is 15.4 Å². The molecule has 0 bridgehead atoms. The molecule has 0 aliphatic heterocycles. The average Bonchev–Trinajstić information content (AvgIpc) is 3.14. The van der Waals surface area contributed by atoms with Gasteiger partial charge < -0.3 is 10.6 Å². The number of carbonyl (C=O) groups excluding carboxylic acids is 1. The first-order valence-corrected chi connectivity index (χ1v) is 13.1. The second kappa shape index (κ2) is 10.4. The summed E-state index contributed by atoms with van der Waals surface area (Å²) in [6, 6.07) is 13.8. The van der Waals surface area contributed by atoms with Crippen molar-refractivity contribution in [1.29, 1.82) is 0 Å². The van der Waals surface area contributed by atoms with Crippen LogP contribution in [-0.4, -0.2) is 35.8 Å². The Kier molecular flexibility index (Phi) is 7.88. The maximum atomic E-state index is 12.6. The molecule has 170 valence electrons. The van der Waals surface area contributed by atoms with Gasteiger partial charge in [0.25, 0.3) is 0 Å². The zero-order valence-corrected chi connectivity index (χ0v) is 20.6. The van der Waals surface area contributed by atoms with Crippen LogP contribution >= 0.6 is 23.1 Å². The lowest BCUT2D eigenvalue weighted by molar-refractivity contribution is -0.115. The fourth-order valence-corrected chi connectivity index (χ4v) is 5.87. The maximum absolute atomic E-state index is 12.6. The van der Waals surface area contributed by atoms with Gasteiger partial charge >= 0.3 is 0 Å². The molecule has 0 aliphatic carbocycles. The van der Waals surface area contributed by atoms with E-state index in [9.17, 15) is 13.2 Å². The Balaban J connectivity index is 1.56. The average molecular weight is 492 g/mol. The highest BCUT2D eigenvalue weighted by Crippen LogP contribution is 2.31. The molecule has 32 heavy (non-hydrogen) atoms. The van der Waals surface area contributed by atoms with Crippen molar-refractivity contribution < 1.29 is 13.2 Å². The van der Waals surface area contributed by atoms with E-state index >= 15 is 0 Å². The normalized spacial score (nSPS) is 12.5. The summed E-state index contributed by atoms with van der Waals surface area (Å²) in [5.41, 5.74) is 2.59. The topological polar surface area (TPSA) is 113 Å². The Bertz CT molecular complexity index is 1180. The lowest BCUT2D eigenvalue weighted by atomic mass is 10.2. The number of nitrogens with one attached hydrogen (secondary N) is 3. The molecule has 1 heterocycles. The number of thioether (sulfide) groups is 1. The molecule has 0 spiro atoms. The van der Waals surface area contributed by atoms with Gasteiger partial charge in [-0.2, -0.15) is 0 Å². The predicted molar refractivity (Wildman–Crippen MR) is 130 cm³/mol. The second-order valence-corrected chi connectivity index (χ2v) is 11.7. The number of carbonyl (C=O) groups is 1. The van der Waals surface area contributed by atoms with E-state index in [4.69, 9.17) is 0 Å². The first-order chi connectivity index (χ1) is 15.1. The van der Waals surface area contributed by atoms with E-state index in [-0.39, 0.29) is 16.8 Å². The van der Waals surface area contributed by atoms with Crippen molar-refractivity contribution in [2.75, 3.05) is 10.6 Å². The summed E-state index contributed by atoms with van der Waals surface area (Å²) in [5, 5.41) is 14.5. The number of aryl methyl sites for hydroxylation is 1. The third-order valence-electron chi connectivity index (χ3n) is 4.15. The minimum absolute atomic E-state index is 0.147. The minimum atomic E-state index is -3.57. The standard InChI is InChI=1S/C21H25N5O3S3/c1-13(2)26-32(28,29)18-10-8-16(9-11-18)22-19(27)15(4)30-21-25-24-20(31-21)23-17-7-5-6-14(3)12-17/h5-13,15,26H,1-4H3,(H,22,27)(H,23,24). The Morgan fingerprint density at radius 1 is 1.03 bits per heavy atom. The quantitative estimate of drug-likeness (QED) is 0.380. The maximum Gasteiger partial charge on any atom is 0.240 e. The Hall–Kier alpha value is -2.47. The Labute approximate surface area is 196 Å². The van der Waals surface area contributed by atoms with E-state index in [0.717, 1.165) is 11.3 Å². The molecule has 1 amide bonds. The molecule has 0 saturated carbocycles. The monoisotopic (exact) mass is 491 g/mol. The highest BCUT2D eigenvalue weighted by molar-refractivity contribution is 8.02. The summed E-state index contributed by atoms with van der Waals surface area (Å²) >= 11 is 2.68. The molecule has 0 radical (unpaired) electrons. The lowest BCUT2D eigenvalue weighted by Gasteiger charge is -2.12. The van der Waals surface area contributed by atoms with Crippen LogP contribution in [0.5, 0.6) is 0 Å². The number of hydrogen-bond acceptors (Lipinski definition) is 8. The molecule has 3 aromatic rings. The van der Waals surface area contributed by atoms with Gasteiger partial charge in [-0.3, -0.25) is 4.79 Å². The number of nitrogens with zero attached hydrogens (tertiary/aromatic N) is 2. The predicted octanol–water partition coefficient (Wildman–Crippen LogP) is 4.40. The van der Waals surface area contributed by atoms with E-state index in [2.05, 4.69) is 25.6 Å². The summed E-state index contributed by atoms with van der Waals surface area (Å²) in [5.74, 6) is -0.214. The molecule has 3 N–H and O–H groups in total. The van der Waals surface area contributed by atoms with Gasteiger partial charge in [-0.15, -0.1) is 10.2 Å². The molecule has 1 atom stereocenters. The van der Waals surface area contributed by atoms with Crippen molar-refractivity contribution >= 4 is 55.5 Å². The number of rotatable bonds is 9. The number of benzene rings is 2. The zero-order chi connectivity index (χ0) is 23.3. The Morgan fingerprint density at radius 3 is 2.41 bits per heavy atom. The lowest BCUT2D eigenvalue weighted by Crippen LogP contribution is -2.30. The molecule has 3 rings (SSSR count). The van der Waals surface area contributed by atoms with Crippen molar-refractivity contribution in [3.8, 4) is 0 Å². The molecule has 1 unspecified atom stereocenters. The van der Waals surface area contributed by atoms with Gasteiger partial charge in [0, 0.05) is 17.4 Å². The number of aromatic nitrogens is 2. The number of hydrogen-bond donors (Lipinski definition) is 3. The van der Waals surface area contributed by atoms with Crippen molar-refractivity contribution in [3.63, 3.8) is 0 Å². The molecule has 0 saturated heterocycles. The Morgan fingerprint density at radius 2 is 1.75 bits per heavy atom. The van der Waals surface area contributed by atoms with Crippen LogP contribution in [0.4, 0.5) is 16.5 Å². The van der Waals surface area contributed by atoms with Crippen molar-refractivity contribution in [3.05, 3.63) is 54.1 Å². The van der Waals surface area contributed by atoms with Gasteiger partial charge in [-0.1, -0.05) is 35.2 Å². The second-order valence-electron chi connectivity index (χ2n) is 7.42. The largest absolute Gasteiger partial charge is 0.330 e. The smallest absolute Gasteiger partial charge is 0.240 e. The molecular weight excluding hydrogens is 466 g/mol. The van der Waals surface area contributed by atoms with Crippen molar-refractivity contribution in [2.24, 2.45) is 0 Å². The van der Waals surface area contributed by atoms with Crippen LogP contribution in [0, 0.1) is 6.92 Å². The number of amides is 1. The molecule has 2 aromatic carbocycles. The van der Waals surface area contributed by atoms with Crippen LogP contribution in [0.15, 0.2) is 57.8 Å². The van der Waals surface area contributed by atoms with Gasteiger partial charge in [0.15, 0.2) is 4.34 Å². The van der Waals surface area contributed by atoms with Crippen LogP contribution in [0.2, 0.25) is 0 Å². The number of sulfonamides is 1. The van der Waals surface area contributed by atoms with Gasteiger partial charge in [-0.25, -0.2) is 13.1 Å². The molecule has 11 heteroatoms. The number of anilines is 3. The third-order valence-corrected chi connectivity index (χ3v) is 7.84. The highest BCUT2D eigenvalue weighted by Gasteiger charge is 2.19. The fraction of sp³-hybridized carbons (Fsp3) is 0.286. The SMILES string of the molecule is Cc1cccc(Nc2nnc(SC(C)C(=O)Nc3ccc(S(=O)(=O)NC(C)C)cc3)s2)c1. The fourth-order valence-electron chi connectivity index (χ4n) is 2.70. The first kappa shape index (κ1) is 24.2. The van der Waals surface area contributed by atoms with Crippen LogP contribution in [-0.2, 0) is 14.8 Å². The highest BCUT2D eigenvalue weighted by atomic mass is 32.2. The van der Waals surface area contributed by atoms with Crippen LogP contribution in [0.1, 0.15) is 26.3 Å². The summed E-state index contributed by atoms with van der Waals surface area (Å²) < 4.78 is 27.6. The summed E-state index contributed by atoms with van der Waals surface area (Å²) in [6.45, 7) is 7.30. The summed E-state index contributed by atoms with van der Waals surface area (Å²) in [4.78, 5) is 12.7.